The third-order valence-corrected chi connectivity index (χ3v) is 18.4. The van der Waals surface area contributed by atoms with Crippen LogP contribution in [0.3, 0.4) is 0 Å². The van der Waals surface area contributed by atoms with Crippen LogP contribution in [0.5, 0.6) is 0 Å². The van der Waals surface area contributed by atoms with Crippen molar-refractivity contribution in [2.45, 2.75) is 64.5 Å². The summed E-state index contributed by atoms with van der Waals surface area (Å²) in [6, 6.07) is 0. The van der Waals surface area contributed by atoms with Crippen LogP contribution in [0.15, 0.2) is 0 Å². The van der Waals surface area contributed by atoms with Crippen LogP contribution in [0.2, 0.25) is 39.3 Å². The van der Waals surface area contributed by atoms with Crippen molar-refractivity contribution in [1.29, 1.82) is 0 Å². The van der Waals surface area contributed by atoms with Gasteiger partial charge >= 0.3 is 8.32 Å². The molecule has 1 saturated heterocycles. The number of hydrogen-bond donors (Lipinski definition) is 1. The molecule has 5 nitrogen and oxygen atoms in total. The summed E-state index contributed by atoms with van der Waals surface area (Å²) in [5.74, 6) is 0. The van der Waals surface area contributed by atoms with Gasteiger partial charge < -0.3 is 23.7 Å². The van der Waals surface area contributed by atoms with Gasteiger partial charge in [0.2, 0.25) is 0 Å². The molecular formula is C14H37NO4Si3. The standard InChI is InChI=1S/C13H32O4Si3.CH5N/c1-12-10-15-11-13(2,18(4,5)6)17-20(14-3,16-12)19(7,8)9;1-2/h12H,10-11H2,1-9H3;2H2,1H3. The quantitative estimate of drug-likeness (QED) is 0.777. The molecule has 8 heteroatoms. The van der Waals surface area contributed by atoms with Gasteiger partial charge in [-0.05, 0) is 20.9 Å². The first-order valence-electron chi connectivity index (χ1n) is 7.95. The summed E-state index contributed by atoms with van der Waals surface area (Å²) in [6.45, 7) is 19.3. The maximum atomic E-state index is 6.71. The summed E-state index contributed by atoms with van der Waals surface area (Å²) in [7, 11) is -2.72. The molecule has 0 bridgehead atoms. The van der Waals surface area contributed by atoms with E-state index in [4.69, 9.17) is 18.0 Å². The molecule has 1 aliphatic rings. The molecule has 1 rings (SSSR count). The zero-order valence-corrected chi connectivity index (χ0v) is 19.2. The van der Waals surface area contributed by atoms with Crippen molar-refractivity contribution in [2.75, 3.05) is 27.4 Å². The van der Waals surface area contributed by atoms with Crippen molar-refractivity contribution in [3.8, 4) is 0 Å². The van der Waals surface area contributed by atoms with Crippen molar-refractivity contribution in [3.05, 3.63) is 0 Å². The van der Waals surface area contributed by atoms with E-state index in [0.717, 1.165) is 0 Å². The van der Waals surface area contributed by atoms with Gasteiger partial charge in [-0.1, -0.05) is 39.3 Å². The summed E-state index contributed by atoms with van der Waals surface area (Å²) in [5.41, 5.74) is 4.50. The highest BCUT2D eigenvalue weighted by Crippen LogP contribution is 2.35. The molecule has 3 atom stereocenters. The Morgan fingerprint density at radius 1 is 1.14 bits per heavy atom. The summed E-state index contributed by atoms with van der Waals surface area (Å²) >= 11 is 0. The first kappa shape index (κ1) is 22.5. The molecule has 0 radical (unpaired) electrons. The van der Waals surface area contributed by atoms with E-state index in [0.29, 0.717) is 13.2 Å². The first-order chi connectivity index (χ1) is 9.87. The SMILES string of the molecule is CN.CO[Si]1([Si](C)(C)C)OC(C)COCC(C)([Si](C)(C)C)O1. The molecule has 1 fully saturated rings. The summed E-state index contributed by atoms with van der Waals surface area (Å²) in [5, 5.41) is -0.268. The van der Waals surface area contributed by atoms with Crippen molar-refractivity contribution in [3.63, 3.8) is 0 Å². The molecule has 0 aromatic carbocycles. The van der Waals surface area contributed by atoms with Gasteiger partial charge in [-0.2, -0.15) is 0 Å². The largest absolute Gasteiger partial charge is 0.469 e. The number of ether oxygens (including phenoxy) is 1. The summed E-state index contributed by atoms with van der Waals surface area (Å²) in [6.07, 6.45) is 0.0273. The normalized spacial score (nSPS) is 34.2. The molecule has 0 amide bonds. The third-order valence-electron chi connectivity index (χ3n) is 4.22. The number of nitrogens with two attached hydrogens (primary N) is 1. The van der Waals surface area contributed by atoms with Gasteiger partial charge in [-0.3, -0.25) is 0 Å². The maximum absolute atomic E-state index is 6.71. The van der Waals surface area contributed by atoms with Gasteiger partial charge in [-0.25, -0.2) is 0 Å². The van der Waals surface area contributed by atoms with Crippen LogP contribution in [0.4, 0.5) is 0 Å². The van der Waals surface area contributed by atoms with Crippen LogP contribution < -0.4 is 5.73 Å². The van der Waals surface area contributed by atoms with Gasteiger partial charge in [0.15, 0.2) is 0 Å². The fraction of sp³-hybridized carbons (Fsp3) is 1.00. The highest BCUT2D eigenvalue weighted by Gasteiger charge is 2.60. The topological polar surface area (TPSA) is 62.9 Å². The van der Waals surface area contributed by atoms with Crippen LogP contribution in [-0.2, 0) is 18.0 Å². The van der Waals surface area contributed by atoms with E-state index in [9.17, 15) is 0 Å². The Morgan fingerprint density at radius 2 is 1.64 bits per heavy atom. The van der Waals surface area contributed by atoms with Crippen LogP contribution in [0.1, 0.15) is 13.8 Å². The molecule has 1 aliphatic heterocycles. The molecule has 1 heterocycles. The van der Waals surface area contributed by atoms with Crippen LogP contribution in [0, 0.1) is 0 Å². The Balaban J connectivity index is 0.00000211. The third kappa shape index (κ3) is 4.97. The van der Waals surface area contributed by atoms with Gasteiger partial charge in [0.25, 0.3) is 0 Å². The molecule has 0 aromatic heterocycles. The van der Waals surface area contributed by atoms with Crippen LogP contribution >= 0.6 is 0 Å². The first-order valence-corrected chi connectivity index (χ1v) is 17.7. The molecule has 134 valence electrons. The molecule has 22 heavy (non-hydrogen) atoms. The lowest BCUT2D eigenvalue weighted by atomic mass is 10.4. The Morgan fingerprint density at radius 3 is 2.00 bits per heavy atom. The average molecular weight is 368 g/mol. The maximum Gasteiger partial charge on any atom is 0.469 e. The van der Waals surface area contributed by atoms with E-state index in [1.54, 1.807) is 7.11 Å². The lowest BCUT2D eigenvalue weighted by molar-refractivity contribution is -0.0782. The molecular weight excluding hydrogens is 330 g/mol. The van der Waals surface area contributed by atoms with E-state index < -0.39 is 24.0 Å². The van der Waals surface area contributed by atoms with Crippen molar-refractivity contribution >= 4 is 24.0 Å². The van der Waals surface area contributed by atoms with Crippen molar-refractivity contribution in [1.82, 2.24) is 0 Å². The summed E-state index contributed by atoms with van der Waals surface area (Å²) < 4.78 is 24.9. The van der Waals surface area contributed by atoms with E-state index in [2.05, 4.69) is 51.9 Å². The molecule has 0 aromatic rings. The molecule has 2 N–H and O–H groups in total. The second-order valence-electron chi connectivity index (χ2n) is 8.04. The highest BCUT2D eigenvalue weighted by molar-refractivity contribution is 7.33. The Kier molecular flexibility index (Phi) is 8.18. The van der Waals surface area contributed by atoms with E-state index >= 15 is 0 Å². The van der Waals surface area contributed by atoms with Crippen molar-refractivity contribution in [2.24, 2.45) is 5.73 Å². The summed E-state index contributed by atoms with van der Waals surface area (Å²) in [4.78, 5) is 0. The van der Waals surface area contributed by atoms with Gasteiger partial charge in [-0.15, -0.1) is 0 Å². The van der Waals surface area contributed by atoms with Gasteiger partial charge in [0, 0.05) is 7.11 Å². The van der Waals surface area contributed by atoms with Crippen LogP contribution in [0.25, 0.3) is 0 Å². The fourth-order valence-electron chi connectivity index (χ4n) is 2.16. The minimum Gasteiger partial charge on any atom is -0.380 e. The zero-order valence-electron chi connectivity index (χ0n) is 16.2. The Hall–Kier alpha value is 0.451. The molecule has 0 aliphatic carbocycles. The predicted octanol–water partition coefficient (Wildman–Crippen LogP) is 2.65. The minimum absolute atomic E-state index is 0.0273. The van der Waals surface area contributed by atoms with Crippen molar-refractivity contribution < 1.29 is 18.0 Å². The Bertz CT molecular complexity index is 346. The van der Waals surface area contributed by atoms with E-state index in [1.807, 2.05) is 6.92 Å². The minimum atomic E-state index is -2.66. The zero-order chi connectivity index (χ0) is 17.8. The smallest absolute Gasteiger partial charge is 0.380 e. The lowest BCUT2D eigenvalue weighted by Crippen LogP contribution is -2.72. The fourth-order valence-corrected chi connectivity index (χ4v) is 12.5. The second-order valence-corrected chi connectivity index (χ2v) is 26.4. The number of hydrogen-bond acceptors (Lipinski definition) is 5. The van der Waals surface area contributed by atoms with Gasteiger partial charge in [0.05, 0.1) is 32.6 Å². The second kappa shape index (κ2) is 8.02. The predicted molar refractivity (Wildman–Crippen MR) is 100 cm³/mol. The van der Waals surface area contributed by atoms with E-state index in [1.165, 1.54) is 7.05 Å². The lowest BCUT2D eigenvalue weighted by Gasteiger charge is -2.50. The van der Waals surface area contributed by atoms with E-state index in [-0.39, 0.29) is 11.3 Å². The van der Waals surface area contributed by atoms with Gasteiger partial charge in [0.1, 0.15) is 7.59 Å². The number of rotatable bonds is 3. The average Bonchev–Trinajstić information content (AvgIpc) is 2.35. The molecule has 3 unspecified atom stereocenters. The molecule has 0 spiro atoms. The molecule has 0 saturated carbocycles. The monoisotopic (exact) mass is 367 g/mol. The highest BCUT2D eigenvalue weighted by atomic mass is 29.3. The van der Waals surface area contributed by atoms with Crippen LogP contribution in [-0.4, -0.2) is 62.7 Å². The Labute approximate surface area is 140 Å².